The number of rotatable bonds is 7. The van der Waals surface area contributed by atoms with Crippen LogP contribution >= 0.6 is 0 Å². The van der Waals surface area contributed by atoms with E-state index in [1.54, 1.807) is 18.2 Å². The molecule has 0 saturated carbocycles. The number of anilines is 2. The van der Waals surface area contributed by atoms with Gasteiger partial charge in [0.1, 0.15) is 29.6 Å². The van der Waals surface area contributed by atoms with Crippen molar-refractivity contribution in [2.75, 3.05) is 17.2 Å². The van der Waals surface area contributed by atoms with Crippen molar-refractivity contribution in [1.29, 1.82) is 0 Å². The van der Waals surface area contributed by atoms with Crippen molar-refractivity contribution < 1.29 is 46.1 Å². The molecule has 5 rings (SSSR count). The Bertz CT molecular complexity index is 1470. The zero-order valence-electron chi connectivity index (χ0n) is 21.9. The second-order valence-electron chi connectivity index (χ2n) is 10.0. The number of halogens is 5. The van der Waals surface area contributed by atoms with Crippen molar-refractivity contribution >= 4 is 23.3 Å². The van der Waals surface area contributed by atoms with Crippen molar-refractivity contribution in [3.05, 3.63) is 89.0 Å². The van der Waals surface area contributed by atoms with Gasteiger partial charge < -0.3 is 30.5 Å². The normalized spacial score (nSPS) is 21.1. The van der Waals surface area contributed by atoms with E-state index >= 15 is 0 Å². The summed E-state index contributed by atoms with van der Waals surface area (Å²) in [5.74, 6) is -1.49. The van der Waals surface area contributed by atoms with Gasteiger partial charge in [0, 0.05) is 35.0 Å². The summed E-state index contributed by atoms with van der Waals surface area (Å²) in [6.45, 7) is -0.581. The summed E-state index contributed by atoms with van der Waals surface area (Å²) < 4.78 is 77.6. The molecule has 3 aromatic carbocycles. The van der Waals surface area contributed by atoms with E-state index in [0.29, 0.717) is 17.9 Å². The predicted octanol–water partition coefficient (Wildman–Crippen LogP) is 5.33. The molecule has 4 atom stereocenters. The highest BCUT2D eigenvalue weighted by molar-refractivity contribution is 5.99. The van der Waals surface area contributed by atoms with Gasteiger partial charge in [-0.25, -0.2) is 13.6 Å². The van der Waals surface area contributed by atoms with Crippen LogP contribution in [0.4, 0.5) is 38.1 Å². The van der Waals surface area contributed by atoms with Gasteiger partial charge in [0.25, 0.3) is 0 Å². The van der Waals surface area contributed by atoms with Crippen LogP contribution in [0, 0.1) is 11.6 Å². The summed E-state index contributed by atoms with van der Waals surface area (Å²) in [6.07, 6.45) is -6.14. The van der Waals surface area contributed by atoms with Crippen LogP contribution < -0.4 is 20.7 Å². The number of benzene rings is 3. The molecule has 0 spiro atoms. The first-order chi connectivity index (χ1) is 20.0. The maximum absolute atomic E-state index is 13.9. The average Bonchev–Trinajstić information content (AvgIpc) is 3.30. The van der Waals surface area contributed by atoms with Crippen molar-refractivity contribution in [3.8, 4) is 5.75 Å². The minimum Gasteiger partial charge on any atom is -0.487 e. The lowest BCUT2D eigenvalue weighted by Crippen LogP contribution is -2.47. The molecule has 2 heterocycles. The monoisotopic (exact) mass is 591 g/mol. The van der Waals surface area contributed by atoms with Crippen LogP contribution in [-0.4, -0.2) is 42.0 Å². The van der Waals surface area contributed by atoms with Crippen molar-refractivity contribution in [2.24, 2.45) is 0 Å². The van der Waals surface area contributed by atoms with E-state index < -0.39 is 53.6 Å². The molecule has 1 fully saturated rings. The fourth-order valence-corrected chi connectivity index (χ4v) is 5.15. The van der Waals surface area contributed by atoms with Crippen molar-refractivity contribution in [1.82, 2.24) is 5.32 Å². The quantitative estimate of drug-likeness (QED) is 0.278. The second kappa shape index (κ2) is 11.9. The minimum absolute atomic E-state index is 0.00159. The van der Waals surface area contributed by atoms with Gasteiger partial charge in [0.05, 0.1) is 24.7 Å². The van der Waals surface area contributed by atoms with Gasteiger partial charge >= 0.3 is 12.2 Å². The number of fused-ring (bicyclic) bond motifs is 3. The smallest absolute Gasteiger partial charge is 0.416 e. The summed E-state index contributed by atoms with van der Waals surface area (Å²) in [5, 5.41) is 17.6. The van der Waals surface area contributed by atoms with Crippen LogP contribution in [0.25, 0.3) is 0 Å². The summed E-state index contributed by atoms with van der Waals surface area (Å²) in [7, 11) is 0. The molecular weight excluding hydrogens is 565 g/mol. The number of urea groups is 1. The van der Waals surface area contributed by atoms with E-state index in [0.717, 1.165) is 48.0 Å². The van der Waals surface area contributed by atoms with E-state index in [1.165, 1.54) is 0 Å². The van der Waals surface area contributed by atoms with Crippen LogP contribution in [0.1, 0.15) is 35.4 Å². The Labute approximate surface area is 236 Å². The number of nitrogens with one attached hydrogen (secondary N) is 3. The van der Waals surface area contributed by atoms with Crippen LogP contribution in [0.5, 0.6) is 5.75 Å². The molecule has 0 aromatic heterocycles. The maximum Gasteiger partial charge on any atom is 0.416 e. The van der Waals surface area contributed by atoms with Gasteiger partial charge in [0.15, 0.2) is 0 Å². The summed E-state index contributed by atoms with van der Waals surface area (Å²) in [4.78, 5) is 25.1. The Hall–Kier alpha value is -4.23. The van der Waals surface area contributed by atoms with Gasteiger partial charge in [-0.1, -0.05) is 0 Å². The van der Waals surface area contributed by atoms with E-state index in [1.807, 2.05) is 0 Å². The van der Waals surface area contributed by atoms with E-state index in [-0.39, 0.29) is 36.7 Å². The molecule has 222 valence electrons. The van der Waals surface area contributed by atoms with Gasteiger partial charge in [-0.15, -0.1) is 0 Å². The average molecular weight is 592 g/mol. The molecule has 4 N–H and O–H groups in total. The third kappa shape index (κ3) is 6.63. The lowest BCUT2D eigenvalue weighted by molar-refractivity contribution is -0.142. The first-order valence-electron chi connectivity index (χ1n) is 13.0. The number of aliphatic hydroxyl groups excluding tert-OH is 1. The van der Waals surface area contributed by atoms with E-state index in [4.69, 9.17) is 9.47 Å². The Balaban J connectivity index is 1.22. The largest absolute Gasteiger partial charge is 0.487 e. The number of carbonyl (C=O) groups is 2. The SMILES string of the molecule is O=C(C[C@H]1C[C@H]2c3cc(NC(=O)Nc4ccc(C(F)(F)F)cc4)ccc3O[C@H]2[C@H](CO)O1)NCc1cc(F)ccc1F. The molecule has 2 aliphatic rings. The zero-order valence-corrected chi connectivity index (χ0v) is 21.9. The Morgan fingerprint density at radius 1 is 0.952 bits per heavy atom. The number of alkyl halides is 3. The van der Waals surface area contributed by atoms with Crippen LogP contribution in [0.2, 0.25) is 0 Å². The number of carbonyl (C=O) groups excluding carboxylic acids is 2. The molecule has 3 aromatic rings. The molecule has 0 unspecified atom stereocenters. The molecule has 0 aliphatic carbocycles. The van der Waals surface area contributed by atoms with E-state index in [2.05, 4.69) is 16.0 Å². The summed E-state index contributed by atoms with van der Waals surface area (Å²) in [6, 6.07) is 11.2. The van der Waals surface area contributed by atoms with Gasteiger partial charge in [-0.3, -0.25) is 4.79 Å². The Morgan fingerprint density at radius 3 is 2.38 bits per heavy atom. The van der Waals surface area contributed by atoms with Crippen LogP contribution in [0.15, 0.2) is 60.7 Å². The van der Waals surface area contributed by atoms with Crippen LogP contribution in [0.3, 0.4) is 0 Å². The third-order valence-corrected chi connectivity index (χ3v) is 7.12. The summed E-state index contributed by atoms with van der Waals surface area (Å²) >= 11 is 0. The molecule has 1 saturated heterocycles. The zero-order chi connectivity index (χ0) is 30.0. The predicted molar refractivity (Wildman–Crippen MR) is 141 cm³/mol. The number of hydrogen-bond acceptors (Lipinski definition) is 5. The highest BCUT2D eigenvalue weighted by Gasteiger charge is 2.46. The number of ether oxygens (including phenoxy) is 2. The van der Waals surface area contributed by atoms with E-state index in [9.17, 15) is 36.6 Å². The molecular formula is C29H26F5N3O5. The van der Waals surface area contributed by atoms with Gasteiger partial charge in [-0.2, -0.15) is 13.2 Å². The number of aliphatic hydroxyl groups is 1. The third-order valence-electron chi connectivity index (χ3n) is 7.12. The Morgan fingerprint density at radius 2 is 1.67 bits per heavy atom. The molecule has 8 nitrogen and oxygen atoms in total. The molecule has 13 heteroatoms. The number of amides is 3. The summed E-state index contributed by atoms with van der Waals surface area (Å²) in [5.41, 5.74) is 0.445. The maximum atomic E-state index is 13.9. The highest BCUT2D eigenvalue weighted by atomic mass is 19.4. The first kappa shape index (κ1) is 29.3. The molecule has 3 amide bonds. The molecule has 42 heavy (non-hydrogen) atoms. The molecule has 2 aliphatic heterocycles. The topological polar surface area (TPSA) is 109 Å². The fourth-order valence-electron chi connectivity index (χ4n) is 5.15. The van der Waals surface area contributed by atoms with Crippen molar-refractivity contribution in [2.45, 2.75) is 49.8 Å². The molecule has 0 radical (unpaired) electrons. The number of hydrogen-bond donors (Lipinski definition) is 4. The van der Waals surface area contributed by atoms with Crippen LogP contribution in [-0.2, 0) is 22.3 Å². The minimum atomic E-state index is -4.49. The standard InChI is InChI=1S/C29H26F5N3O5/c30-17-3-7-23(31)15(9-17)13-35-26(39)12-20-11-22-21-10-19(6-8-24(21)42-27(22)25(14-38)41-20)37-28(40)36-18-4-1-16(2-5-18)29(32,33)34/h1-10,20,22,25,27,38H,11-14H2,(H,35,39)(H2,36,37,40)/t20-,22+,25+,27-/m1/s1. The Kier molecular flexibility index (Phi) is 8.32. The molecule has 0 bridgehead atoms. The highest BCUT2D eigenvalue weighted by Crippen LogP contribution is 2.47. The van der Waals surface area contributed by atoms with Gasteiger partial charge in [0.2, 0.25) is 5.91 Å². The lowest BCUT2D eigenvalue weighted by atomic mass is 9.84. The first-order valence-corrected chi connectivity index (χ1v) is 13.0. The fraction of sp³-hybridized carbons (Fsp3) is 0.310. The lowest BCUT2D eigenvalue weighted by Gasteiger charge is -2.37. The van der Waals surface area contributed by atoms with Crippen molar-refractivity contribution in [3.63, 3.8) is 0 Å². The van der Waals surface area contributed by atoms with Gasteiger partial charge in [-0.05, 0) is 67.1 Å². The second-order valence-corrected chi connectivity index (χ2v) is 10.0.